The van der Waals surface area contributed by atoms with Gasteiger partial charge in [0.05, 0.1) is 17.2 Å². The molecule has 0 aliphatic carbocycles. The number of furan rings is 1. The van der Waals surface area contributed by atoms with E-state index in [9.17, 15) is 9.59 Å². The first-order chi connectivity index (χ1) is 13.7. The van der Waals surface area contributed by atoms with Crippen LogP contribution >= 0.6 is 0 Å². The topological polar surface area (TPSA) is 51.7 Å². The molecule has 0 saturated heterocycles. The first-order valence-corrected chi connectivity index (χ1v) is 9.03. The minimum atomic E-state index is -0.343. The molecule has 0 unspecified atom stereocenters. The maximum atomic E-state index is 13.2. The Morgan fingerprint density at radius 1 is 0.607 bits per heavy atom. The highest BCUT2D eigenvalue weighted by atomic mass is 16.3. The molecule has 0 amide bonds. The third-order valence-corrected chi connectivity index (χ3v) is 5.43. The van der Waals surface area contributed by atoms with Crippen molar-refractivity contribution in [2.75, 3.05) is 0 Å². The van der Waals surface area contributed by atoms with Gasteiger partial charge in [0.25, 0.3) is 11.1 Å². The number of rotatable bonds is 1. The number of fused-ring (bicyclic) bond motifs is 4. The summed E-state index contributed by atoms with van der Waals surface area (Å²) in [5, 5.41) is 3.41. The highest BCUT2D eigenvalue weighted by Gasteiger charge is 2.19. The molecule has 0 N–H and O–H groups in total. The van der Waals surface area contributed by atoms with Gasteiger partial charge in [-0.1, -0.05) is 48.5 Å². The molecule has 132 valence electrons. The van der Waals surface area contributed by atoms with Crippen molar-refractivity contribution in [1.29, 1.82) is 0 Å². The lowest BCUT2D eigenvalue weighted by atomic mass is 9.96. The van der Waals surface area contributed by atoms with Gasteiger partial charge in [-0.3, -0.25) is 9.59 Å². The molecule has 0 aliphatic rings. The zero-order valence-electron chi connectivity index (χ0n) is 14.7. The van der Waals surface area contributed by atoms with E-state index in [1.807, 2.05) is 60.7 Å². The average molecular weight is 363 g/mol. The molecule has 4 heteroatoms. The summed E-state index contributed by atoms with van der Waals surface area (Å²) in [6.45, 7) is 0. The number of hydrogen-bond donors (Lipinski definition) is 0. The van der Waals surface area contributed by atoms with Crippen molar-refractivity contribution < 1.29 is 4.42 Å². The quantitative estimate of drug-likeness (QED) is 0.311. The van der Waals surface area contributed by atoms with Gasteiger partial charge < -0.3 is 4.42 Å². The van der Waals surface area contributed by atoms with Crippen molar-refractivity contribution >= 4 is 38.0 Å². The van der Waals surface area contributed by atoms with Crippen molar-refractivity contribution in [2.45, 2.75) is 0 Å². The van der Waals surface area contributed by atoms with Gasteiger partial charge in [0.1, 0.15) is 5.58 Å². The smallest absolute Gasteiger partial charge is 0.269 e. The summed E-state index contributed by atoms with van der Waals surface area (Å²) in [5.74, 6) is 0. The second-order valence-electron chi connectivity index (χ2n) is 6.94. The molecule has 0 aliphatic heterocycles. The van der Waals surface area contributed by atoms with E-state index >= 15 is 0 Å². The molecular formula is C24H13NO3. The molecule has 0 bridgehead atoms. The second-order valence-corrected chi connectivity index (χ2v) is 6.94. The van der Waals surface area contributed by atoms with Crippen LogP contribution in [0.2, 0.25) is 0 Å². The normalized spacial score (nSPS) is 11.9. The zero-order chi connectivity index (χ0) is 18.8. The lowest BCUT2D eigenvalue weighted by molar-refractivity contribution is 0.619. The standard InChI is InChI=1S/C24H13NO3/c26-23-17-9-5-4-8-16(17)19-12-15(14-6-2-1-3-7-14)13-20-21(19)25(23)24(27)18-10-11-28-22(18)20/h1-13H. The van der Waals surface area contributed by atoms with Crippen LogP contribution in [0.4, 0.5) is 0 Å². The molecule has 6 rings (SSSR count). The van der Waals surface area contributed by atoms with E-state index in [0.29, 0.717) is 21.9 Å². The molecular weight excluding hydrogens is 350 g/mol. The van der Waals surface area contributed by atoms with Gasteiger partial charge in [-0.05, 0) is 40.8 Å². The van der Waals surface area contributed by atoms with Crippen LogP contribution in [-0.2, 0) is 0 Å². The van der Waals surface area contributed by atoms with E-state index in [-0.39, 0.29) is 11.1 Å². The third-order valence-electron chi connectivity index (χ3n) is 5.43. The van der Waals surface area contributed by atoms with Gasteiger partial charge in [-0.2, -0.15) is 0 Å². The number of benzene rings is 3. The Morgan fingerprint density at radius 2 is 1.29 bits per heavy atom. The van der Waals surface area contributed by atoms with Gasteiger partial charge >= 0.3 is 0 Å². The molecule has 3 aromatic heterocycles. The average Bonchev–Trinajstić information content (AvgIpc) is 3.24. The fourth-order valence-electron chi connectivity index (χ4n) is 4.18. The highest BCUT2D eigenvalue weighted by Crippen LogP contribution is 2.34. The summed E-state index contributed by atoms with van der Waals surface area (Å²) < 4.78 is 6.97. The van der Waals surface area contributed by atoms with Gasteiger partial charge in [0, 0.05) is 16.2 Å². The second kappa shape index (κ2) is 5.30. The van der Waals surface area contributed by atoms with Crippen LogP contribution in [0, 0.1) is 0 Å². The van der Waals surface area contributed by atoms with Gasteiger partial charge in [-0.15, -0.1) is 0 Å². The van der Waals surface area contributed by atoms with Crippen LogP contribution in [0.5, 0.6) is 0 Å². The Morgan fingerprint density at radius 3 is 2.11 bits per heavy atom. The summed E-state index contributed by atoms with van der Waals surface area (Å²) in [5.41, 5.74) is 2.55. The molecule has 6 aromatic rings. The van der Waals surface area contributed by atoms with E-state index in [4.69, 9.17) is 4.42 Å². The minimum Gasteiger partial charge on any atom is -0.463 e. The van der Waals surface area contributed by atoms with Crippen molar-refractivity contribution in [3.05, 3.63) is 99.8 Å². The Labute approximate surface area is 158 Å². The Kier molecular flexibility index (Phi) is 2.87. The molecule has 0 saturated carbocycles. The van der Waals surface area contributed by atoms with Gasteiger partial charge in [0.15, 0.2) is 0 Å². The summed E-state index contributed by atoms with van der Waals surface area (Å²) >= 11 is 0. The summed E-state index contributed by atoms with van der Waals surface area (Å²) in [4.78, 5) is 26.2. The fraction of sp³-hybridized carbons (Fsp3) is 0. The lowest BCUT2D eigenvalue weighted by Gasteiger charge is -2.13. The molecule has 28 heavy (non-hydrogen) atoms. The molecule has 0 fully saturated rings. The Hall–Kier alpha value is -3.92. The maximum absolute atomic E-state index is 13.2. The van der Waals surface area contributed by atoms with Crippen molar-refractivity contribution in [2.24, 2.45) is 0 Å². The van der Waals surface area contributed by atoms with Crippen LogP contribution in [0.25, 0.3) is 49.2 Å². The number of pyridine rings is 2. The number of nitrogens with zero attached hydrogens (tertiary/aromatic N) is 1. The molecule has 3 aromatic carbocycles. The van der Waals surface area contributed by atoms with E-state index in [1.165, 1.54) is 10.7 Å². The van der Waals surface area contributed by atoms with Crippen LogP contribution in [0.3, 0.4) is 0 Å². The van der Waals surface area contributed by atoms with Crippen LogP contribution < -0.4 is 11.1 Å². The highest BCUT2D eigenvalue weighted by molar-refractivity contribution is 6.18. The number of aromatic nitrogens is 1. The maximum Gasteiger partial charge on any atom is 0.269 e. The third kappa shape index (κ3) is 1.84. The predicted molar refractivity (Wildman–Crippen MR) is 111 cm³/mol. The minimum absolute atomic E-state index is 0.298. The van der Waals surface area contributed by atoms with Crippen molar-refractivity contribution in [3.8, 4) is 11.1 Å². The van der Waals surface area contributed by atoms with E-state index < -0.39 is 0 Å². The molecule has 4 nitrogen and oxygen atoms in total. The first kappa shape index (κ1) is 15.2. The van der Waals surface area contributed by atoms with Crippen LogP contribution in [0.15, 0.2) is 93.1 Å². The molecule has 0 atom stereocenters. The lowest BCUT2D eigenvalue weighted by Crippen LogP contribution is -2.27. The Balaban J connectivity index is 1.99. The van der Waals surface area contributed by atoms with Gasteiger partial charge in [0.2, 0.25) is 0 Å². The molecule has 3 heterocycles. The van der Waals surface area contributed by atoms with E-state index in [0.717, 1.165) is 27.3 Å². The van der Waals surface area contributed by atoms with Crippen molar-refractivity contribution in [1.82, 2.24) is 4.40 Å². The fourth-order valence-corrected chi connectivity index (χ4v) is 4.18. The van der Waals surface area contributed by atoms with E-state index in [1.54, 1.807) is 12.1 Å². The summed E-state index contributed by atoms with van der Waals surface area (Å²) in [6, 6.07) is 23.2. The van der Waals surface area contributed by atoms with E-state index in [2.05, 4.69) is 0 Å². The zero-order valence-corrected chi connectivity index (χ0v) is 14.7. The number of hydrogen-bond acceptors (Lipinski definition) is 3. The van der Waals surface area contributed by atoms with Gasteiger partial charge in [-0.25, -0.2) is 4.40 Å². The predicted octanol–water partition coefficient (Wildman–Crippen LogP) is 4.82. The summed E-state index contributed by atoms with van der Waals surface area (Å²) in [7, 11) is 0. The Bertz CT molecular complexity index is 1640. The monoisotopic (exact) mass is 363 g/mol. The summed E-state index contributed by atoms with van der Waals surface area (Å²) in [6.07, 6.45) is 1.50. The first-order valence-electron chi connectivity index (χ1n) is 9.03. The SMILES string of the molecule is O=c1c2ccccc2c2cc(-c3ccccc3)cc3c4occc4c(=O)n1c23. The van der Waals surface area contributed by atoms with Crippen LogP contribution in [-0.4, -0.2) is 4.40 Å². The van der Waals surface area contributed by atoms with Crippen LogP contribution in [0.1, 0.15) is 0 Å². The molecule has 0 spiro atoms. The molecule has 0 radical (unpaired) electrons. The largest absolute Gasteiger partial charge is 0.463 e. The van der Waals surface area contributed by atoms with Crippen molar-refractivity contribution in [3.63, 3.8) is 0 Å².